The first kappa shape index (κ1) is 18.4. The van der Waals surface area contributed by atoms with E-state index in [-0.39, 0.29) is 30.3 Å². The van der Waals surface area contributed by atoms with Gasteiger partial charge in [-0.15, -0.1) is 0 Å². The Balaban J connectivity index is 1.79. The van der Waals surface area contributed by atoms with Crippen LogP contribution in [0, 0.1) is 0 Å². The van der Waals surface area contributed by atoms with Crippen LogP contribution in [0.4, 0.5) is 5.88 Å². The number of amides is 2. The van der Waals surface area contributed by atoms with Crippen molar-refractivity contribution in [3.05, 3.63) is 11.8 Å². The Bertz CT molecular complexity index is 573. The zero-order chi connectivity index (χ0) is 17.7. The van der Waals surface area contributed by atoms with E-state index in [1.165, 1.54) is 0 Å². The van der Waals surface area contributed by atoms with Gasteiger partial charge in [-0.05, 0) is 7.05 Å². The van der Waals surface area contributed by atoms with Crippen molar-refractivity contribution < 1.29 is 18.8 Å². The van der Waals surface area contributed by atoms with E-state index in [2.05, 4.69) is 10.5 Å². The standard InChI is InChI=1S/C16H26N4O4/c1-16(2,3)12-9-14(24-18-12)17-13(21)10-19(4)11-15(22)20-5-7-23-8-6-20/h9H,5-8,10-11H2,1-4H3,(H,17,21). The fourth-order valence-electron chi connectivity index (χ4n) is 2.31. The first-order valence-electron chi connectivity index (χ1n) is 8.07. The zero-order valence-corrected chi connectivity index (χ0v) is 14.8. The van der Waals surface area contributed by atoms with Crippen molar-refractivity contribution in [1.29, 1.82) is 0 Å². The monoisotopic (exact) mass is 338 g/mol. The van der Waals surface area contributed by atoms with Crippen LogP contribution >= 0.6 is 0 Å². The molecule has 2 heterocycles. The number of rotatable bonds is 5. The predicted octanol–water partition coefficient (Wildman–Crippen LogP) is 0.701. The van der Waals surface area contributed by atoms with Crippen LogP contribution < -0.4 is 5.32 Å². The Morgan fingerprint density at radius 3 is 2.54 bits per heavy atom. The number of aromatic nitrogens is 1. The highest BCUT2D eigenvalue weighted by molar-refractivity contribution is 5.91. The van der Waals surface area contributed by atoms with Crippen molar-refractivity contribution in [3.63, 3.8) is 0 Å². The minimum absolute atomic E-state index is 0.00304. The summed E-state index contributed by atoms with van der Waals surface area (Å²) >= 11 is 0. The molecule has 8 nitrogen and oxygen atoms in total. The average molecular weight is 338 g/mol. The van der Waals surface area contributed by atoms with E-state index in [9.17, 15) is 9.59 Å². The highest BCUT2D eigenvalue weighted by Crippen LogP contribution is 2.23. The molecular formula is C16H26N4O4. The molecule has 1 aromatic rings. The van der Waals surface area contributed by atoms with E-state index in [1.54, 1.807) is 22.9 Å². The molecule has 0 atom stereocenters. The highest BCUT2D eigenvalue weighted by Gasteiger charge is 2.21. The van der Waals surface area contributed by atoms with Gasteiger partial charge in [0.1, 0.15) is 0 Å². The highest BCUT2D eigenvalue weighted by atomic mass is 16.5. The molecule has 0 spiro atoms. The number of carbonyl (C=O) groups is 2. The lowest BCUT2D eigenvalue weighted by atomic mass is 9.92. The van der Waals surface area contributed by atoms with Gasteiger partial charge in [-0.25, -0.2) is 0 Å². The van der Waals surface area contributed by atoms with Gasteiger partial charge in [0, 0.05) is 24.6 Å². The van der Waals surface area contributed by atoms with Gasteiger partial charge in [0.2, 0.25) is 17.7 Å². The molecule has 134 valence electrons. The molecule has 2 amide bonds. The summed E-state index contributed by atoms with van der Waals surface area (Å²) < 4.78 is 10.4. The summed E-state index contributed by atoms with van der Waals surface area (Å²) in [6.45, 7) is 8.68. The van der Waals surface area contributed by atoms with Gasteiger partial charge >= 0.3 is 0 Å². The maximum Gasteiger partial charge on any atom is 0.240 e. The van der Waals surface area contributed by atoms with Crippen LogP contribution in [0.25, 0.3) is 0 Å². The summed E-state index contributed by atoms with van der Waals surface area (Å²) in [6, 6.07) is 1.72. The molecule has 0 aliphatic carbocycles. The third kappa shape index (κ3) is 5.31. The second-order valence-corrected chi connectivity index (χ2v) is 7.04. The van der Waals surface area contributed by atoms with Crippen LogP contribution in [0.5, 0.6) is 0 Å². The van der Waals surface area contributed by atoms with Crippen LogP contribution in [-0.2, 0) is 19.7 Å². The number of hydrogen-bond donors (Lipinski definition) is 1. The van der Waals surface area contributed by atoms with Crippen molar-refractivity contribution in [2.45, 2.75) is 26.2 Å². The molecule has 1 aliphatic rings. The molecule has 0 bridgehead atoms. The molecule has 1 aliphatic heterocycles. The fraction of sp³-hybridized carbons (Fsp3) is 0.688. The minimum atomic E-state index is -0.246. The molecule has 1 N–H and O–H groups in total. The number of anilines is 1. The first-order chi connectivity index (χ1) is 11.3. The molecule has 1 saturated heterocycles. The molecule has 8 heteroatoms. The van der Waals surface area contributed by atoms with Gasteiger partial charge in [0.05, 0.1) is 32.0 Å². The van der Waals surface area contributed by atoms with Crippen LogP contribution in [0.1, 0.15) is 26.5 Å². The smallest absolute Gasteiger partial charge is 0.240 e. The number of hydrogen-bond acceptors (Lipinski definition) is 6. The summed E-state index contributed by atoms with van der Waals surface area (Å²) in [5.74, 6) is 0.0741. The van der Waals surface area contributed by atoms with E-state index >= 15 is 0 Å². The largest absolute Gasteiger partial charge is 0.378 e. The lowest BCUT2D eigenvalue weighted by Gasteiger charge is -2.28. The van der Waals surface area contributed by atoms with Crippen LogP contribution in [-0.4, -0.2) is 73.2 Å². The molecule has 0 aromatic carbocycles. The van der Waals surface area contributed by atoms with E-state index in [0.717, 1.165) is 5.69 Å². The Morgan fingerprint density at radius 2 is 1.96 bits per heavy atom. The second-order valence-electron chi connectivity index (χ2n) is 7.04. The number of morpholine rings is 1. The minimum Gasteiger partial charge on any atom is -0.378 e. The van der Waals surface area contributed by atoms with E-state index in [0.29, 0.717) is 32.2 Å². The van der Waals surface area contributed by atoms with Crippen LogP contribution in [0.3, 0.4) is 0 Å². The van der Waals surface area contributed by atoms with Gasteiger partial charge in [0.15, 0.2) is 0 Å². The molecule has 2 rings (SSSR count). The first-order valence-corrected chi connectivity index (χ1v) is 8.07. The lowest BCUT2D eigenvalue weighted by molar-refractivity contribution is -0.136. The van der Waals surface area contributed by atoms with Gasteiger partial charge < -0.3 is 14.2 Å². The van der Waals surface area contributed by atoms with Crippen LogP contribution in [0.2, 0.25) is 0 Å². The van der Waals surface area contributed by atoms with Crippen molar-refractivity contribution in [3.8, 4) is 0 Å². The molecule has 0 radical (unpaired) electrons. The number of ether oxygens (including phenoxy) is 1. The topological polar surface area (TPSA) is 87.9 Å². The van der Waals surface area contributed by atoms with Gasteiger partial charge in [0.25, 0.3) is 0 Å². The van der Waals surface area contributed by atoms with Crippen molar-refractivity contribution in [2.75, 3.05) is 51.8 Å². The van der Waals surface area contributed by atoms with E-state index in [4.69, 9.17) is 9.26 Å². The zero-order valence-electron chi connectivity index (χ0n) is 14.8. The third-order valence-electron chi connectivity index (χ3n) is 3.72. The summed E-state index contributed by atoms with van der Waals surface area (Å²) in [5, 5.41) is 6.62. The molecule has 0 unspecified atom stereocenters. The quantitative estimate of drug-likeness (QED) is 0.850. The predicted molar refractivity (Wildman–Crippen MR) is 88.7 cm³/mol. The summed E-state index contributed by atoms with van der Waals surface area (Å²) in [4.78, 5) is 27.6. The third-order valence-corrected chi connectivity index (χ3v) is 3.72. The second kappa shape index (κ2) is 7.76. The molecule has 1 fully saturated rings. The Kier molecular flexibility index (Phi) is 5.95. The Hall–Kier alpha value is -1.93. The van der Waals surface area contributed by atoms with Crippen molar-refractivity contribution in [1.82, 2.24) is 15.0 Å². The fourth-order valence-corrected chi connectivity index (χ4v) is 2.31. The summed E-state index contributed by atoms with van der Waals surface area (Å²) in [6.07, 6.45) is 0. The molecular weight excluding hydrogens is 312 g/mol. The van der Waals surface area contributed by atoms with E-state index in [1.807, 2.05) is 20.8 Å². The summed E-state index contributed by atoms with van der Waals surface area (Å²) in [5.41, 5.74) is 0.627. The van der Waals surface area contributed by atoms with E-state index < -0.39 is 0 Å². The Labute approximate surface area is 142 Å². The van der Waals surface area contributed by atoms with Gasteiger partial charge in [-0.2, -0.15) is 0 Å². The van der Waals surface area contributed by atoms with Crippen LogP contribution in [0.15, 0.2) is 10.6 Å². The maximum absolute atomic E-state index is 12.1. The lowest BCUT2D eigenvalue weighted by Crippen LogP contribution is -2.46. The van der Waals surface area contributed by atoms with Gasteiger partial charge in [-0.3, -0.25) is 19.8 Å². The average Bonchev–Trinajstić information content (AvgIpc) is 2.96. The molecule has 0 saturated carbocycles. The summed E-state index contributed by atoms with van der Waals surface area (Å²) in [7, 11) is 1.74. The molecule has 1 aromatic heterocycles. The number of likely N-dealkylation sites (N-methyl/N-ethyl adjacent to an activating group) is 1. The number of nitrogens with one attached hydrogen (secondary N) is 1. The SMILES string of the molecule is CN(CC(=O)Nc1cc(C(C)(C)C)no1)CC(=O)N1CCOCC1. The molecule has 24 heavy (non-hydrogen) atoms. The number of carbonyl (C=O) groups excluding carboxylic acids is 2. The Morgan fingerprint density at radius 1 is 1.29 bits per heavy atom. The normalized spacial score (nSPS) is 15.6. The maximum atomic E-state index is 12.1. The van der Waals surface area contributed by atoms with Crippen molar-refractivity contribution in [2.24, 2.45) is 0 Å². The number of nitrogens with zero attached hydrogens (tertiary/aromatic N) is 3. The van der Waals surface area contributed by atoms with Crippen molar-refractivity contribution >= 4 is 17.7 Å². The van der Waals surface area contributed by atoms with Gasteiger partial charge in [-0.1, -0.05) is 25.9 Å².